The van der Waals surface area contributed by atoms with Gasteiger partial charge in [-0.25, -0.2) is 9.79 Å². The fourth-order valence-electron chi connectivity index (χ4n) is 5.99. The number of hydrogen-bond acceptors (Lipinski definition) is 5. The van der Waals surface area contributed by atoms with Crippen LogP contribution in [0, 0.1) is 0 Å². The smallest absolute Gasteiger partial charge is 0.444 e. The average Bonchev–Trinajstić information content (AvgIpc) is 3.63. The van der Waals surface area contributed by atoms with Gasteiger partial charge >= 0.3 is 13.2 Å². The molecule has 0 aliphatic carbocycles. The van der Waals surface area contributed by atoms with Crippen molar-refractivity contribution < 1.29 is 18.8 Å². The molecule has 3 aromatic rings. The van der Waals surface area contributed by atoms with E-state index in [1.807, 2.05) is 20.8 Å². The summed E-state index contributed by atoms with van der Waals surface area (Å²) in [4.78, 5) is 19.4. The molecule has 2 saturated heterocycles. The number of carbonyl (C=O) groups excluding carboxylic acids is 1. The maximum atomic E-state index is 12.8. The highest BCUT2D eigenvalue weighted by Crippen LogP contribution is 2.38. The Morgan fingerprint density at radius 3 is 2.21 bits per heavy atom. The molecule has 1 amide bonds. The summed E-state index contributed by atoms with van der Waals surface area (Å²) in [6.07, 6.45) is 2.14. The molecule has 0 unspecified atom stereocenters. The number of hydrogen-bond donors (Lipinski definition) is 0. The molecule has 0 aromatic heterocycles. The molecule has 1 atom stereocenters. The normalized spacial score (nSPS) is 21.6. The molecule has 3 aliphatic heterocycles. The minimum Gasteiger partial charge on any atom is -0.444 e. The van der Waals surface area contributed by atoms with E-state index >= 15 is 0 Å². The van der Waals surface area contributed by atoms with E-state index in [1.54, 1.807) is 4.90 Å². The first kappa shape index (κ1) is 29.9. The summed E-state index contributed by atoms with van der Waals surface area (Å²) in [5.74, 6) is 0. The van der Waals surface area contributed by atoms with Crippen molar-refractivity contribution in [2.24, 2.45) is 4.99 Å². The standard InChI is InChI=1S/C35H40BClN2O4/c1-33(2,3)41-32(40)39-18-8-9-30(39)29-21-28(31(37)38-29)23-12-10-22(11-13-23)24-14-15-26-20-27(17-16-25(26)19-24)36-42-34(4,5)35(6,7)43-36/h10-17,19-20,30H,8-9,18,21H2,1-7H3/t30-/m0/s1. The maximum Gasteiger partial charge on any atom is 0.494 e. The van der Waals surface area contributed by atoms with Crippen LogP contribution in [0.2, 0.25) is 0 Å². The van der Waals surface area contributed by atoms with Crippen LogP contribution in [0.1, 0.15) is 73.3 Å². The van der Waals surface area contributed by atoms with E-state index in [4.69, 9.17) is 30.6 Å². The summed E-state index contributed by atoms with van der Waals surface area (Å²) >= 11 is 6.67. The number of fused-ring (bicyclic) bond motifs is 1. The molecule has 0 spiro atoms. The number of ether oxygens (including phenoxy) is 1. The summed E-state index contributed by atoms with van der Waals surface area (Å²) in [5, 5.41) is 2.81. The van der Waals surface area contributed by atoms with Gasteiger partial charge in [-0.15, -0.1) is 0 Å². The van der Waals surface area contributed by atoms with E-state index in [2.05, 4.69) is 88.4 Å². The molecule has 8 heteroatoms. The second-order valence-electron chi connectivity index (χ2n) is 13.9. The zero-order valence-electron chi connectivity index (χ0n) is 26.2. The van der Waals surface area contributed by atoms with Crippen LogP contribution in [0.15, 0.2) is 70.8 Å². The highest BCUT2D eigenvalue weighted by atomic mass is 35.5. The Morgan fingerprint density at radius 2 is 1.53 bits per heavy atom. The summed E-state index contributed by atoms with van der Waals surface area (Å²) in [6, 6.07) is 21.3. The molecule has 224 valence electrons. The first-order chi connectivity index (χ1) is 20.2. The molecule has 43 heavy (non-hydrogen) atoms. The Hall–Kier alpha value is -3.13. The van der Waals surface area contributed by atoms with Crippen LogP contribution in [0.5, 0.6) is 0 Å². The van der Waals surface area contributed by atoms with Crippen LogP contribution in [0.3, 0.4) is 0 Å². The molecule has 0 radical (unpaired) electrons. The molecule has 0 bridgehead atoms. The molecule has 6 rings (SSSR count). The molecule has 0 saturated carbocycles. The van der Waals surface area contributed by atoms with Crippen molar-refractivity contribution in [2.45, 2.75) is 90.6 Å². The van der Waals surface area contributed by atoms with Gasteiger partial charge in [-0.3, -0.25) is 4.90 Å². The molecule has 0 N–H and O–H groups in total. The topological polar surface area (TPSA) is 60.4 Å². The van der Waals surface area contributed by atoms with Gasteiger partial charge in [0.1, 0.15) is 10.8 Å². The molecule has 2 fully saturated rings. The van der Waals surface area contributed by atoms with Gasteiger partial charge in [0.25, 0.3) is 0 Å². The molecular formula is C35H40BClN2O4. The fraction of sp³-hybridized carbons (Fsp3) is 0.429. The lowest BCUT2D eigenvalue weighted by molar-refractivity contribution is 0.00578. The van der Waals surface area contributed by atoms with Gasteiger partial charge in [0.15, 0.2) is 0 Å². The van der Waals surface area contributed by atoms with Gasteiger partial charge in [-0.2, -0.15) is 0 Å². The maximum absolute atomic E-state index is 12.8. The predicted octanol–water partition coefficient (Wildman–Crippen LogP) is 7.96. The lowest BCUT2D eigenvalue weighted by Crippen LogP contribution is -2.43. The van der Waals surface area contributed by atoms with Crippen molar-refractivity contribution in [3.05, 3.63) is 71.4 Å². The van der Waals surface area contributed by atoms with Crippen molar-refractivity contribution in [1.29, 1.82) is 0 Å². The Labute approximate surface area is 260 Å². The van der Waals surface area contributed by atoms with Gasteiger partial charge in [0.05, 0.1) is 17.2 Å². The van der Waals surface area contributed by atoms with Gasteiger partial charge in [-0.1, -0.05) is 66.2 Å². The van der Waals surface area contributed by atoms with Crippen LogP contribution in [-0.2, 0) is 14.0 Å². The van der Waals surface area contributed by atoms with Crippen molar-refractivity contribution in [3.63, 3.8) is 0 Å². The van der Waals surface area contributed by atoms with Crippen LogP contribution < -0.4 is 5.46 Å². The third-order valence-corrected chi connectivity index (χ3v) is 9.38. The Balaban J connectivity index is 1.15. The largest absolute Gasteiger partial charge is 0.494 e. The van der Waals surface area contributed by atoms with Crippen LogP contribution in [0.4, 0.5) is 4.79 Å². The van der Waals surface area contributed by atoms with E-state index in [0.29, 0.717) is 18.1 Å². The van der Waals surface area contributed by atoms with E-state index < -0.39 is 5.60 Å². The second kappa shape index (κ2) is 10.8. The van der Waals surface area contributed by atoms with Crippen LogP contribution in [-0.4, -0.2) is 53.2 Å². The van der Waals surface area contributed by atoms with Crippen LogP contribution in [0.25, 0.3) is 27.5 Å². The van der Waals surface area contributed by atoms with Gasteiger partial charge in [0.2, 0.25) is 0 Å². The monoisotopic (exact) mass is 598 g/mol. The summed E-state index contributed by atoms with van der Waals surface area (Å²) in [5.41, 5.74) is 4.99. The highest BCUT2D eigenvalue weighted by molar-refractivity contribution is 6.62. The number of amides is 1. The number of carbonyl (C=O) groups is 1. The van der Waals surface area contributed by atoms with Gasteiger partial charge in [-0.05, 0) is 100 Å². The Bertz CT molecular complexity index is 1620. The van der Waals surface area contributed by atoms with E-state index in [0.717, 1.165) is 57.1 Å². The minimum atomic E-state index is -0.535. The number of nitrogens with zero attached hydrogens (tertiary/aromatic N) is 2. The number of rotatable bonds is 4. The van der Waals surface area contributed by atoms with E-state index in [-0.39, 0.29) is 30.5 Å². The van der Waals surface area contributed by atoms with Crippen molar-refractivity contribution in [1.82, 2.24) is 4.90 Å². The summed E-state index contributed by atoms with van der Waals surface area (Å²) in [7, 11) is -0.378. The zero-order valence-corrected chi connectivity index (χ0v) is 26.9. The van der Waals surface area contributed by atoms with E-state index in [1.165, 1.54) is 0 Å². The quantitative estimate of drug-likeness (QED) is 0.226. The summed E-state index contributed by atoms with van der Waals surface area (Å²) < 4.78 is 18.2. The molecule has 3 heterocycles. The Morgan fingerprint density at radius 1 is 0.930 bits per heavy atom. The molecule has 6 nitrogen and oxygen atoms in total. The number of benzene rings is 3. The third-order valence-electron chi connectivity index (χ3n) is 9.07. The lowest BCUT2D eigenvalue weighted by atomic mass is 9.78. The average molecular weight is 599 g/mol. The first-order valence-corrected chi connectivity index (χ1v) is 15.5. The number of likely N-dealkylation sites (tertiary alicyclic amines) is 1. The minimum absolute atomic E-state index is 0.0803. The number of halogens is 1. The van der Waals surface area contributed by atoms with E-state index in [9.17, 15) is 4.79 Å². The van der Waals surface area contributed by atoms with Crippen molar-refractivity contribution in [2.75, 3.05) is 6.54 Å². The number of allylic oxidation sites excluding steroid dienone is 1. The second-order valence-corrected chi connectivity index (χ2v) is 14.2. The van der Waals surface area contributed by atoms with Gasteiger partial charge in [0, 0.05) is 24.3 Å². The van der Waals surface area contributed by atoms with Crippen LogP contribution >= 0.6 is 11.6 Å². The SMILES string of the molecule is CC(C)(C)OC(=O)N1CCC[C@H]1C1=NC(Cl)=C(c2ccc(-c3ccc4cc(B5OC(C)(C)C(C)(C)O5)ccc4c3)cc2)C1. The highest BCUT2D eigenvalue weighted by Gasteiger charge is 2.51. The molecule has 3 aliphatic rings. The lowest BCUT2D eigenvalue weighted by Gasteiger charge is -2.32. The zero-order chi connectivity index (χ0) is 30.7. The third kappa shape index (κ3) is 5.87. The summed E-state index contributed by atoms with van der Waals surface area (Å²) in [6.45, 7) is 14.6. The van der Waals surface area contributed by atoms with Crippen molar-refractivity contribution in [3.8, 4) is 11.1 Å². The predicted molar refractivity (Wildman–Crippen MR) is 176 cm³/mol. The Kier molecular flexibility index (Phi) is 7.51. The number of aliphatic imine (C=N–C) groups is 1. The van der Waals surface area contributed by atoms with Gasteiger partial charge < -0.3 is 14.0 Å². The first-order valence-electron chi connectivity index (χ1n) is 15.2. The fourth-order valence-corrected chi connectivity index (χ4v) is 6.27. The van der Waals surface area contributed by atoms with Crippen molar-refractivity contribution >= 4 is 52.3 Å². The molecular weight excluding hydrogens is 559 g/mol. The molecule has 3 aromatic carbocycles.